The van der Waals surface area contributed by atoms with Gasteiger partial charge in [-0.05, 0) is 29.8 Å². The molecule has 1 N–H and O–H groups in total. The van der Waals surface area contributed by atoms with Crippen molar-refractivity contribution < 1.29 is 14.3 Å². The van der Waals surface area contributed by atoms with Gasteiger partial charge in [-0.2, -0.15) is 0 Å². The third kappa shape index (κ3) is 1.77. The normalized spacial score (nSPS) is 17.7. The van der Waals surface area contributed by atoms with E-state index in [1.54, 1.807) is 24.3 Å². The van der Waals surface area contributed by atoms with Crippen molar-refractivity contribution >= 4 is 21.9 Å². The summed E-state index contributed by atoms with van der Waals surface area (Å²) in [6, 6.07) is 10.5. The highest BCUT2D eigenvalue weighted by molar-refractivity contribution is 5.93. The monoisotopic (exact) mass is 268 g/mol. The summed E-state index contributed by atoms with van der Waals surface area (Å²) in [4.78, 5) is 12.4. The molecule has 1 aromatic heterocycles. The van der Waals surface area contributed by atoms with E-state index in [1.165, 1.54) is 0 Å². The molecule has 1 atom stereocenters. The molecule has 1 fully saturated rings. The van der Waals surface area contributed by atoms with Crippen LogP contribution in [0.3, 0.4) is 0 Å². The molecule has 0 bridgehead atoms. The first-order valence-electron chi connectivity index (χ1n) is 6.51. The molecule has 0 spiro atoms. The topological polar surface area (TPSA) is 63.0 Å². The Morgan fingerprint density at radius 3 is 2.80 bits per heavy atom. The highest BCUT2D eigenvalue weighted by Gasteiger charge is 2.23. The molecule has 4 heteroatoms. The maximum absolute atomic E-state index is 12.4. The van der Waals surface area contributed by atoms with E-state index in [1.807, 2.05) is 12.1 Å². The van der Waals surface area contributed by atoms with Crippen LogP contribution < -0.4 is 5.43 Å². The molecule has 0 aliphatic carbocycles. The lowest BCUT2D eigenvalue weighted by molar-refractivity contribution is 0.407. The minimum Gasteiger partial charge on any atom is -0.507 e. The molecule has 0 saturated carbocycles. The van der Waals surface area contributed by atoms with Gasteiger partial charge in [-0.1, -0.05) is 12.1 Å². The molecule has 100 valence electrons. The number of fused-ring (bicyclic) bond motifs is 2. The summed E-state index contributed by atoms with van der Waals surface area (Å²) in [5, 5.41) is 10.8. The number of ether oxygens (including phenoxy) is 1. The van der Waals surface area contributed by atoms with Crippen molar-refractivity contribution in [3.8, 4) is 5.75 Å². The average Bonchev–Trinajstić information content (AvgIpc) is 3.22. The molecule has 20 heavy (non-hydrogen) atoms. The largest absolute Gasteiger partial charge is 0.507 e. The summed E-state index contributed by atoms with van der Waals surface area (Å²) in [6.45, 7) is 0.750. The molecule has 0 radical (unpaired) electrons. The smallest absolute Gasteiger partial charge is 0.204 e. The summed E-state index contributed by atoms with van der Waals surface area (Å²) in [7, 11) is 0. The van der Waals surface area contributed by atoms with Crippen LogP contribution in [0.2, 0.25) is 0 Å². The number of benzene rings is 2. The van der Waals surface area contributed by atoms with E-state index in [2.05, 4.69) is 0 Å². The number of epoxide rings is 1. The van der Waals surface area contributed by atoms with E-state index >= 15 is 0 Å². The van der Waals surface area contributed by atoms with Crippen molar-refractivity contribution in [3.05, 3.63) is 52.2 Å². The fourth-order valence-corrected chi connectivity index (χ4v) is 2.53. The fraction of sp³-hybridized carbons (Fsp3) is 0.188. The van der Waals surface area contributed by atoms with Crippen molar-refractivity contribution in [1.82, 2.24) is 0 Å². The summed E-state index contributed by atoms with van der Waals surface area (Å²) in [5.74, 6) is -0.0300. The lowest BCUT2D eigenvalue weighted by atomic mass is 10.1. The molecular formula is C16H12O4. The van der Waals surface area contributed by atoms with Crippen molar-refractivity contribution in [2.45, 2.75) is 12.5 Å². The quantitative estimate of drug-likeness (QED) is 0.573. The van der Waals surface area contributed by atoms with E-state index < -0.39 is 0 Å². The van der Waals surface area contributed by atoms with Gasteiger partial charge in [0.2, 0.25) is 5.43 Å². The second kappa shape index (κ2) is 4.08. The van der Waals surface area contributed by atoms with Gasteiger partial charge in [-0.15, -0.1) is 0 Å². The van der Waals surface area contributed by atoms with Gasteiger partial charge in [0.15, 0.2) is 0 Å². The van der Waals surface area contributed by atoms with Gasteiger partial charge in [-0.25, -0.2) is 0 Å². The Bertz CT molecular complexity index is 875. The molecule has 4 nitrogen and oxygen atoms in total. The lowest BCUT2D eigenvalue weighted by Gasteiger charge is -2.06. The predicted octanol–water partition coefficient (Wildman–Crippen LogP) is 2.59. The van der Waals surface area contributed by atoms with Gasteiger partial charge >= 0.3 is 0 Å². The van der Waals surface area contributed by atoms with E-state index in [9.17, 15) is 9.90 Å². The number of phenolic OH excluding ortho intramolecular Hbond substituents is 1. The zero-order valence-electron chi connectivity index (χ0n) is 10.6. The van der Waals surface area contributed by atoms with Crippen LogP contribution >= 0.6 is 0 Å². The molecule has 2 heterocycles. The van der Waals surface area contributed by atoms with Gasteiger partial charge in [0.25, 0.3) is 0 Å². The first-order valence-corrected chi connectivity index (χ1v) is 6.51. The predicted molar refractivity (Wildman–Crippen MR) is 75.1 cm³/mol. The van der Waals surface area contributed by atoms with Crippen LogP contribution in [0.5, 0.6) is 5.75 Å². The number of phenols is 1. The van der Waals surface area contributed by atoms with Gasteiger partial charge in [0.1, 0.15) is 22.3 Å². The first kappa shape index (κ1) is 11.5. The third-order valence-electron chi connectivity index (χ3n) is 3.59. The SMILES string of the molecule is O=c1c2ccccc2oc2cc(CC3CO3)cc(O)c12. The van der Waals surface area contributed by atoms with Crippen LogP contribution in [-0.4, -0.2) is 17.8 Å². The summed E-state index contributed by atoms with van der Waals surface area (Å²) in [5.41, 5.74) is 1.66. The van der Waals surface area contributed by atoms with Crippen LogP contribution in [0.4, 0.5) is 0 Å². The Balaban J connectivity index is 2.03. The summed E-state index contributed by atoms with van der Waals surface area (Å²) < 4.78 is 10.9. The Labute approximate surface area is 114 Å². The highest BCUT2D eigenvalue weighted by Crippen LogP contribution is 2.28. The van der Waals surface area contributed by atoms with Crippen LogP contribution in [0.15, 0.2) is 45.6 Å². The maximum atomic E-state index is 12.4. The van der Waals surface area contributed by atoms with Crippen molar-refractivity contribution in [3.63, 3.8) is 0 Å². The number of rotatable bonds is 2. The number of aromatic hydroxyl groups is 1. The zero-order valence-corrected chi connectivity index (χ0v) is 10.6. The van der Waals surface area contributed by atoms with Crippen LogP contribution in [-0.2, 0) is 11.2 Å². The van der Waals surface area contributed by atoms with Gasteiger partial charge in [0, 0.05) is 6.42 Å². The number of hydrogen-bond acceptors (Lipinski definition) is 4. The minimum atomic E-state index is -0.200. The van der Waals surface area contributed by atoms with E-state index in [0.29, 0.717) is 16.6 Å². The molecule has 4 rings (SSSR count). The van der Waals surface area contributed by atoms with Crippen LogP contribution in [0.1, 0.15) is 5.56 Å². The molecule has 1 aliphatic rings. The minimum absolute atomic E-state index is 0.0300. The molecular weight excluding hydrogens is 256 g/mol. The van der Waals surface area contributed by atoms with E-state index in [4.69, 9.17) is 9.15 Å². The molecule has 2 aromatic carbocycles. The first-order chi connectivity index (χ1) is 9.72. The molecule has 1 aliphatic heterocycles. The summed E-state index contributed by atoms with van der Waals surface area (Å²) in [6.07, 6.45) is 0.944. The van der Waals surface area contributed by atoms with E-state index in [0.717, 1.165) is 18.6 Å². The van der Waals surface area contributed by atoms with Crippen LogP contribution in [0.25, 0.3) is 21.9 Å². The molecule has 1 unspecified atom stereocenters. The molecule has 0 amide bonds. The Morgan fingerprint density at radius 2 is 2.00 bits per heavy atom. The average molecular weight is 268 g/mol. The second-order valence-corrected chi connectivity index (χ2v) is 5.07. The number of hydrogen-bond donors (Lipinski definition) is 1. The maximum Gasteiger partial charge on any atom is 0.204 e. The lowest BCUT2D eigenvalue weighted by Crippen LogP contribution is -2.03. The summed E-state index contributed by atoms with van der Waals surface area (Å²) >= 11 is 0. The second-order valence-electron chi connectivity index (χ2n) is 5.07. The van der Waals surface area contributed by atoms with Crippen LogP contribution in [0, 0.1) is 0 Å². The molecule has 3 aromatic rings. The Kier molecular flexibility index (Phi) is 2.35. The fourth-order valence-electron chi connectivity index (χ4n) is 2.53. The van der Waals surface area contributed by atoms with Crippen molar-refractivity contribution in [1.29, 1.82) is 0 Å². The number of para-hydroxylation sites is 1. The Hall–Kier alpha value is -2.33. The standard InChI is InChI=1S/C16H12O4/c17-12-6-9(5-10-8-19-10)7-14-15(12)16(18)11-3-1-2-4-13(11)20-14/h1-4,6-7,10,17H,5,8H2. The van der Waals surface area contributed by atoms with Gasteiger partial charge < -0.3 is 14.3 Å². The van der Waals surface area contributed by atoms with Gasteiger partial charge in [0.05, 0.1) is 18.1 Å². The highest BCUT2D eigenvalue weighted by atomic mass is 16.6. The van der Waals surface area contributed by atoms with Gasteiger partial charge in [-0.3, -0.25) is 4.79 Å². The van der Waals surface area contributed by atoms with Crippen molar-refractivity contribution in [2.75, 3.05) is 6.61 Å². The third-order valence-corrected chi connectivity index (χ3v) is 3.59. The van der Waals surface area contributed by atoms with Crippen molar-refractivity contribution in [2.24, 2.45) is 0 Å². The zero-order chi connectivity index (χ0) is 13.7. The Morgan fingerprint density at radius 1 is 1.20 bits per heavy atom. The molecule has 1 saturated heterocycles. The van der Waals surface area contributed by atoms with E-state index in [-0.39, 0.29) is 22.7 Å².